The molecule has 0 aliphatic heterocycles. The third-order valence-corrected chi connectivity index (χ3v) is 3.38. The summed E-state index contributed by atoms with van der Waals surface area (Å²) in [4.78, 5) is 8.83. The van der Waals surface area contributed by atoms with Gasteiger partial charge >= 0.3 is 0 Å². The van der Waals surface area contributed by atoms with Crippen LogP contribution in [0.3, 0.4) is 0 Å². The molecular formula is C18H33N5O. The molecule has 0 unspecified atom stereocenters. The molecule has 1 aromatic rings. The molecule has 1 heterocycles. The van der Waals surface area contributed by atoms with E-state index in [0.717, 1.165) is 76.9 Å². The normalized spacial score (nSPS) is 11.3. The quantitative estimate of drug-likeness (QED) is 0.294. The molecule has 6 heteroatoms. The first-order valence-corrected chi connectivity index (χ1v) is 9.11. The van der Waals surface area contributed by atoms with Gasteiger partial charge in [-0.05, 0) is 51.7 Å². The Morgan fingerprint density at radius 1 is 1.08 bits per heavy atom. The lowest BCUT2D eigenvalue weighted by Crippen LogP contribution is -2.38. The third-order valence-electron chi connectivity index (χ3n) is 3.38. The number of unbranched alkanes of at least 4 members (excludes halogenated alkanes) is 2. The maximum absolute atomic E-state index is 5.33. The summed E-state index contributed by atoms with van der Waals surface area (Å²) in [6.45, 7) is 9.32. The Morgan fingerprint density at radius 2 is 1.96 bits per heavy atom. The number of pyridine rings is 1. The van der Waals surface area contributed by atoms with Crippen LogP contribution in [0.1, 0.15) is 39.5 Å². The molecule has 0 bridgehead atoms. The molecule has 0 aromatic carbocycles. The highest BCUT2D eigenvalue weighted by atomic mass is 16.5. The van der Waals surface area contributed by atoms with E-state index in [2.05, 4.69) is 32.9 Å². The predicted octanol–water partition coefficient (Wildman–Crippen LogP) is 2.65. The number of aromatic nitrogens is 1. The Labute approximate surface area is 146 Å². The molecule has 1 aromatic heterocycles. The van der Waals surface area contributed by atoms with Crippen LogP contribution >= 0.6 is 0 Å². The van der Waals surface area contributed by atoms with Gasteiger partial charge in [-0.3, -0.25) is 4.99 Å². The van der Waals surface area contributed by atoms with Crippen molar-refractivity contribution in [3.63, 3.8) is 0 Å². The van der Waals surface area contributed by atoms with E-state index >= 15 is 0 Å². The van der Waals surface area contributed by atoms with Crippen LogP contribution in [-0.2, 0) is 4.74 Å². The molecule has 0 saturated heterocycles. The SMILES string of the molecule is CCNC(=NCCCCOCC)NCCCCNc1ccccn1. The Hall–Kier alpha value is -1.82. The van der Waals surface area contributed by atoms with Gasteiger partial charge in [0, 0.05) is 45.6 Å². The minimum absolute atomic E-state index is 0.794. The van der Waals surface area contributed by atoms with Gasteiger partial charge in [-0.25, -0.2) is 4.98 Å². The first-order valence-electron chi connectivity index (χ1n) is 9.11. The highest BCUT2D eigenvalue weighted by Gasteiger charge is 1.97. The fraction of sp³-hybridized carbons (Fsp3) is 0.667. The summed E-state index contributed by atoms with van der Waals surface area (Å²) in [6.07, 6.45) is 6.11. The maximum Gasteiger partial charge on any atom is 0.191 e. The second-order valence-electron chi connectivity index (χ2n) is 5.44. The number of hydrogen-bond acceptors (Lipinski definition) is 4. The van der Waals surface area contributed by atoms with Crippen molar-refractivity contribution in [2.24, 2.45) is 4.99 Å². The molecule has 0 saturated carbocycles. The van der Waals surface area contributed by atoms with Gasteiger partial charge in [-0.15, -0.1) is 0 Å². The fourth-order valence-corrected chi connectivity index (χ4v) is 2.13. The van der Waals surface area contributed by atoms with Crippen molar-refractivity contribution in [1.82, 2.24) is 15.6 Å². The summed E-state index contributed by atoms with van der Waals surface area (Å²) >= 11 is 0. The highest BCUT2D eigenvalue weighted by molar-refractivity contribution is 5.79. The number of rotatable bonds is 13. The third kappa shape index (κ3) is 10.8. The van der Waals surface area contributed by atoms with E-state index in [4.69, 9.17) is 4.74 Å². The molecule has 0 spiro atoms. The molecule has 0 aliphatic carbocycles. The fourth-order valence-electron chi connectivity index (χ4n) is 2.13. The summed E-state index contributed by atoms with van der Waals surface area (Å²) in [7, 11) is 0. The van der Waals surface area contributed by atoms with Crippen molar-refractivity contribution >= 4 is 11.8 Å². The first kappa shape index (κ1) is 20.2. The Kier molecular flexibility index (Phi) is 12.4. The van der Waals surface area contributed by atoms with E-state index in [1.807, 2.05) is 25.1 Å². The number of anilines is 1. The Bertz CT molecular complexity index is 425. The zero-order valence-corrected chi connectivity index (χ0v) is 15.2. The van der Waals surface area contributed by atoms with Gasteiger partial charge in [0.05, 0.1) is 0 Å². The van der Waals surface area contributed by atoms with Crippen LogP contribution in [0, 0.1) is 0 Å². The standard InChI is InChI=1S/C18H33N5O/c1-3-19-18(23-15-9-10-16-24-4-2)22-14-8-7-13-21-17-11-5-6-12-20-17/h5-6,11-12H,3-4,7-10,13-16H2,1-2H3,(H,20,21)(H2,19,22,23). The van der Waals surface area contributed by atoms with E-state index in [1.165, 1.54) is 0 Å². The molecule has 0 radical (unpaired) electrons. The predicted molar refractivity (Wildman–Crippen MR) is 102 cm³/mol. The van der Waals surface area contributed by atoms with Gasteiger partial charge in [0.1, 0.15) is 5.82 Å². The highest BCUT2D eigenvalue weighted by Crippen LogP contribution is 2.00. The van der Waals surface area contributed by atoms with Crippen LogP contribution in [0.5, 0.6) is 0 Å². The Morgan fingerprint density at radius 3 is 2.71 bits per heavy atom. The average Bonchev–Trinajstić information content (AvgIpc) is 2.61. The van der Waals surface area contributed by atoms with Crippen molar-refractivity contribution in [2.75, 3.05) is 44.7 Å². The topological polar surface area (TPSA) is 70.6 Å². The second-order valence-corrected chi connectivity index (χ2v) is 5.44. The molecule has 136 valence electrons. The number of hydrogen-bond donors (Lipinski definition) is 3. The van der Waals surface area contributed by atoms with Crippen LogP contribution in [0.2, 0.25) is 0 Å². The Balaban J connectivity index is 2.07. The van der Waals surface area contributed by atoms with Crippen LogP contribution in [0.15, 0.2) is 29.4 Å². The van der Waals surface area contributed by atoms with Gasteiger partial charge in [-0.1, -0.05) is 6.07 Å². The second kappa shape index (κ2) is 14.8. The van der Waals surface area contributed by atoms with Gasteiger partial charge in [0.15, 0.2) is 5.96 Å². The summed E-state index contributed by atoms with van der Waals surface area (Å²) in [6, 6.07) is 5.90. The van der Waals surface area contributed by atoms with Crippen molar-refractivity contribution in [3.05, 3.63) is 24.4 Å². The first-order chi connectivity index (χ1) is 11.9. The van der Waals surface area contributed by atoms with Crippen molar-refractivity contribution in [1.29, 1.82) is 0 Å². The lowest BCUT2D eigenvalue weighted by atomic mass is 10.3. The van der Waals surface area contributed by atoms with Crippen LogP contribution in [-0.4, -0.2) is 50.3 Å². The van der Waals surface area contributed by atoms with E-state index in [-0.39, 0.29) is 0 Å². The van der Waals surface area contributed by atoms with Crippen molar-refractivity contribution < 1.29 is 4.74 Å². The average molecular weight is 335 g/mol. The zero-order valence-electron chi connectivity index (χ0n) is 15.2. The number of guanidine groups is 1. The lowest BCUT2D eigenvalue weighted by molar-refractivity contribution is 0.144. The van der Waals surface area contributed by atoms with Crippen LogP contribution in [0.4, 0.5) is 5.82 Å². The number of aliphatic imine (C=N–C) groups is 1. The molecule has 6 nitrogen and oxygen atoms in total. The van der Waals surface area contributed by atoms with Gasteiger partial charge in [0.25, 0.3) is 0 Å². The molecule has 0 fully saturated rings. The molecular weight excluding hydrogens is 302 g/mol. The lowest BCUT2D eigenvalue weighted by Gasteiger charge is -2.11. The summed E-state index contributed by atoms with van der Waals surface area (Å²) in [5.41, 5.74) is 0. The smallest absolute Gasteiger partial charge is 0.191 e. The van der Waals surface area contributed by atoms with E-state index in [9.17, 15) is 0 Å². The van der Waals surface area contributed by atoms with Crippen molar-refractivity contribution in [2.45, 2.75) is 39.5 Å². The zero-order chi connectivity index (χ0) is 17.3. The minimum Gasteiger partial charge on any atom is -0.382 e. The molecule has 1 rings (SSSR count). The maximum atomic E-state index is 5.33. The number of ether oxygens (including phenoxy) is 1. The van der Waals surface area contributed by atoms with Crippen LogP contribution in [0.25, 0.3) is 0 Å². The van der Waals surface area contributed by atoms with E-state index in [0.29, 0.717) is 0 Å². The van der Waals surface area contributed by atoms with Crippen LogP contribution < -0.4 is 16.0 Å². The molecule has 24 heavy (non-hydrogen) atoms. The molecule has 3 N–H and O–H groups in total. The van der Waals surface area contributed by atoms with E-state index < -0.39 is 0 Å². The molecule has 0 atom stereocenters. The van der Waals surface area contributed by atoms with Gasteiger partial charge in [0.2, 0.25) is 0 Å². The summed E-state index contributed by atoms with van der Waals surface area (Å²) < 4.78 is 5.33. The monoisotopic (exact) mass is 335 g/mol. The number of nitrogens with one attached hydrogen (secondary N) is 3. The number of nitrogens with zero attached hydrogens (tertiary/aromatic N) is 2. The summed E-state index contributed by atoms with van der Waals surface area (Å²) in [5.74, 6) is 1.85. The van der Waals surface area contributed by atoms with Gasteiger partial charge < -0.3 is 20.7 Å². The van der Waals surface area contributed by atoms with Crippen molar-refractivity contribution in [3.8, 4) is 0 Å². The molecule has 0 amide bonds. The van der Waals surface area contributed by atoms with Gasteiger partial charge in [-0.2, -0.15) is 0 Å². The largest absolute Gasteiger partial charge is 0.382 e. The van der Waals surface area contributed by atoms with E-state index in [1.54, 1.807) is 6.20 Å². The summed E-state index contributed by atoms with van der Waals surface area (Å²) in [5, 5.41) is 9.99. The molecule has 0 aliphatic rings. The minimum atomic E-state index is 0.794.